The summed E-state index contributed by atoms with van der Waals surface area (Å²) in [7, 11) is -3.57. The van der Waals surface area contributed by atoms with E-state index in [2.05, 4.69) is 10.2 Å². The topological polar surface area (TPSA) is 98.3 Å². The molecular formula is C24H24N4O4S2. The lowest BCUT2D eigenvalue weighted by Crippen LogP contribution is -2.30. The summed E-state index contributed by atoms with van der Waals surface area (Å²) in [5.74, 6) is 1.08. The van der Waals surface area contributed by atoms with Crippen LogP contribution in [0.3, 0.4) is 0 Å². The molecule has 0 aliphatic heterocycles. The largest absolute Gasteiger partial charge is 0.461 e. The normalized spacial score (nSPS) is 11.7. The van der Waals surface area contributed by atoms with E-state index in [4.69, 9.17) is 4.42 Å². The molecule has 8 nitrogen and oxygen atoms in total. The molecule has 4 aromatic rings. The lowest BCUT2D eigenvalue weighted by molar-refractivity contribution is 0.102. The van der Waals surface area contributed by atoms with Crippen LogP contribution in [0.1, 0.15) is 24.2 Å². The molecule has 0 amide bonds. The van der Waals surface area contributed by atoms with E-state index in [1.807, 2.05) is 34.9 Å². The molecule has 0 saturated heterocycles. The summed E-state index contributed by atoms with van der Waals surface area (Å²) in [4.78, 5) is 13.0. The number of nitrogens with zero attached hydrogens (tertiary/aromatic N) is 4. The highest BCUT2D eigenvalue weighted by Gasteiger charge is 2.22. The highest BCUT2D eigenvalue weighted by Crippen LogP contribution is 2.28. The molecule has 2 aromatic heterocycles. The van der Waals surface area contributed by atoms with Crippen LogP contribution in [-0.2, 0) is 10.0 Å². The van der Waals surface area contributed by atoms with Gasteiger partial charge in [-0.15, -0.1) is 10.2 Å². The van der Waals surface area contributed by atoms with Crippen molar-refractivity contribution in [2.45, 2.75) is 23.9 Å². The summed E-state index contributed by atoms with van der Waals surface area (Å²) in [5.41, 5.74) is 1.28. The maximum absolute atomic E-state index is 12.9. The SMILES string of the molecule is CCN(CC)S(=O)(=O)c1ccc(C(=O)CSc2nnc(-c3ccco3)n2-c2ccccc2)cc1. The van der Waals surface area contributed by atoms with Crippen molar-refractivity contribution in [1.29, 1.82) is 0 Å². The van der Waals surface area contributed by atoms with Crippen LogP contribution < -0.4 is 0 Å². The second kappa shape index (κ2) is 10.4. The van der Waals surface area contributed by atoms with E-state index in [1.54, 1.807) is 44.4 Å². The molecule has 0 spiro atoms. The van der Waals surface area contributed by atoms with Crippen LogP contribution in [0.5, 0.6) is 0 Å². The van der Waals surface area contributed by atoms with Crippen LogP contribution >= 0.6 is 11.8 Å². The van der Waals surface area contributed by atoms with E-state index < -0.39 is 10.0 Å². The van der Waals surface area contributed by atoms with Crippen molar-refractivity contribution in [2.75, 3.05) is 18.8 Å². The predicted octanol–water partition coefficient (Wildman–Crippen LogP) is 4.53. The lowest BCUT2D eigenvalue weighted by Gasteiger charge is -2.18. The standard InChI is InChI=1S/C24H24N4O4S2/c1-3-27(4-2)34(30,31)20-14-12-18(13-15-20)21(29)17-33-24-26-25-23(22-11-8-16-32-22)28(24)19-9-6-5-7-10-19/h5-16H,3-4,17H2,1-2H3. The molecule has 10 heteroatoms. The van der Waals surface area contributed by atoms with Crippen molar-refractivity contribution in [3.8, 4) is 17.3 Å². The summed E-state index contributed by atoms with van der Waals surface area (Å²) in [6.07, 6.45) is 1.57. The third-order valence-corrected chi connectivity index (χ3v) is 8.23. The number of thioether (sulfide) groups is 1. The maximum Gasteiger partial charge on any atom is 0.243 e. The first-order valence-electron chi connectivity index (χ1n) is 10.8. The Kier molecular flexibility index (Phi) is 7.30. The number of para-hydroxylation sites is 1. The van der Waals surface area contributed by atoms with Gasteiger partial charge < -0.3 is 4.42 Å². The van der Waals surface area contributed by atoms with Gasteiger partial charge in [-0.2, -0.15) is 4.31 Å². The van der Waals surface area contributed by atoms with E-state index in [0.717, 1.165) is 5.69 Å². The Balaban J connectivity index is 1.54. The number of sulfonamides is 1. The maximum atomic E-state index is 12.9. The third-order valence-electron chi connectivity index (χ3n) is 5.24. The number of carbonyl (C=O) groups excluding carboxylic acids is 1. The van der Waals surface area contributed by atoms with E-state index >= 15 is 0 Å². The quantitative estimate of drug-likeness (QED) is 0.235. The summed E-state index contributed by atoms with van der Waals surface area (Å²) in [5, 5.41) is 9.10. The van der Waals surface area contributed by atoms with Crippen LogP contribution in [0.4, 0.5) is 0 Å². The van der Waals surface area contributed by atoms with Crippen molar-refractivity contribution < 1.29 is 17.6 Å². The lowest BCUT2D eigenvalue weighted by atomic mass is 10.1. The van der Waals surface area contributed by atoms with Gasteiger partial charge in [-0.25, -0.2) is 8.42 Å². The number of furan rings is 1. The van der Waals surface area contributed by atoms with Crippen molar-refractivity contribution in [1.82, 2.24) is 19.1 Å². The molecule has 0 N–H and O–H groups in total. The molecular weight excluding hydrogens is 472 g/mol. The van der Waals surface area contributed by atoms with Crippen molar-refractivity contribution in [3.63, 3.8) is 0 Å². The molecule has 0 bridgehead atoms. The van der Waals surface area contributed by atoms with E-state index in [0.29, 0.717) is 35.4 Å². The number of carbonyl (C=O) groups is 1. The van der Waals surface area contributed by atoms with Crippen molar-refractivity contribution in [2.24, 2.45) is 0 Å². The smallest absolute Gasteiger partial charge is 0.243 e. The average Bonchev–Trinajstić information content (AvgIpc) is 3.54. The Morgan fingerprint density at radius 1 is 0.971 bits per heavy atom. The van der Waals surface area contributed by atoms with Gasteiger partial charge in [-0.05, 0) is 36.4 Å². The summed E-state index contributed by atoms with van der Waals surface area (Å²) in [6, 6.07) is 19.2. The van der Waals surface area contributed by atoms with Gasteiger partial charge in [0.15, 0.2) is 16.7 Å². The predicted molar refractivity (Wildman–Crippen MR) is 131 cm³/mol. The van der Waals surface area contributed by atoms with Gasteiger partial charge in [0.2, 0.25) is 15.8 Å². The molecule has 0 saturated carbocycles. The second-order valence-electron chi connectivity index (χ2n) is 7.28. The van der Waals surface area contributed by atoms with Crippen LogP contribution in [0.2, 0.25) is 0 Å². The minimum Gasteiger partial charge on any atom is -0.461 e. The number of ketones is 1. The van der Waals surface area contributed by atoms with Crippen molar-refractivity contribution >= 4 is 27.6 Å². The highest BCUT2D eigenvalue weighted by molar-refractivity contribution is 7.99. The molecule has 0 unspecified atom stereocenters. The Hall–Kier alpha value is -3.21. The first-order valence-corrected chi connectivity index (χ1v) is 13.2. The molecule has 0 atom stereocenters. The molecule has 4 rings (SSSR count). The number of hydrogen-bond donors (Lipinski definition) is 0. The molecule has 2 aromatic carbocycles. The van der Waals surface area contributed by atoms with Gasteiger partial charge in [0, 0.05) is 24.3 Å². The van der Waals surface area contributed by atoms with Crippen LogP contribution in [-0.4, -0.2) is 52.1 Å². The number of aromatic nitrogens is 3. The van der Waals surface area contributed by atoms with Gasteiger partial charge in [-0.1, -0.05) is 55.9 Å². The Morgan fingerprint density at radius 3 is 2.29 bits per heavy atom. The summed E-state index contributed by atoms with van der Waals surface area (Å²) < 4.78 is 34.1. The van der Waals surface area contributed by atoms with E-state index in [1.165, 1.54) is 28.2 Å². The first-order chi connectivity index (χ1) is 16.5. The second-order valence-corrected chi connectivity index (χ2v) is 10.2. The zero-order valence-corrected chi connectivity index (χ0v) is 20.4. The van der Waals surface area contributed by atoms with Gasteiger partial charge in [0.1, 0.15) is 0 Å². The third kappa shape index (κ3) is 4.84. The number of benzene rings is 2. The number of rotatable bonds is 10. The molecule has 176 valence electrons. The molecule has 0 radical (unpaired) electrons. The Morgan fingerprint density at radius 2 is 1.68 bits per heavy atom. The average molecular weight is 497 g/mol. The minimum atomic E-state index is -3.57. The molecule has 34 heavy (non-hydrogen) atoms. The van der Waals surface area contributed by atoms with Crippen LogP contribution in [0.15, 0.2) is 87.5 Å². The zero-order valence-electron chi connectivity index (χ0n) is 18.8. The number of hydrogen-bond acceptors (Lipinski definition) is 7. The minimum absolute atomic E-state index is 0.116. The van der Waals surface area contributed by atoms with Gasteiger partial charge in [-0.3, -0.25) is 9.36 Å². The van der Waals surface area contributed by atoms with E-state index in [9.17, 15) is 13.2 Å². The molecule has 2 heterocycles. The van der Waals surface area contributed by atoms with Crippen molar-refractivity contribution in [3.05, 3.63) is 78.6 Å². The number of Topliss-reactive ketones (excluding diaryl/α,β-unsaturated/α-hetero) is 1. The van der Waals surface area contributed by atoms with Crippen LogP contribution in [0.25, 0.3) is 17.3 Å². The monoisotopic (exact) mass is 496 g/mol. The summed E-state index contributed by atoms with van der Waals surface area (Å²) >= 11 is 1.26. The fourth-order valence-corrected chi connectivity index (χ4v) is 5.78. The van der Waals surface area contributed by atoms with Gasteiger partial charge in [0.05, 0.1) is 16.9 Å². The van der Waals surface area contributed by atoms with E-state index in [-0.39, 0.29) is 16.4 Å². The molecule has 0 fully saturated rings. The molecule has 0 aliphatic rings. The fraction of sp³-hybridized carbons (Fsp3) is 0.208. The fourth-order valence-electron chi connectivity index (χ4n) is 3.48. The van der Waals surface area contributed by atoms with Gasteiger partial charge >= 0.3 is 0 Å². The highest BCUT2D eigenvalue weighted by atomic mass is 32.2. The molecule has 0 aliphatic carbocycles. The Bertz CT molecular complexity index is 1350. The first kappa shape index (κ1) is 23.9. The van der Waals surface area contributed by atoms with Crippen LogP contribution in [0, 0.1) is 0 Å². The Labute approximate surface area is 202 Å². The summed E-state index contributed by atoms with van der Waals surface area (Å²) in [6.45, 7) is 4.36. The van der Waals surface area contributed by atoms with Gasteiger partial charge in [0.25, 0.3) is 0 Å². The zero-order chi connectivity index (χ0) is 24.1.